The van der Waals surface area contributed by atoms with E-state index in [0.29, 0.717) is 0 Å². The molecule has 1 rings (SSSR count). The fraction of sp³-hybridized carbons (Fsp3) is 0.818. The maximum Gasteiger partial charge on any atom is 0.309 e. The zero-order valence-electron chi connectivity index (χ0n) is 10.1. The minimum Gasteiger partial charge on any atom is -0.469 e. The number of methoxy groups -OCH3 is 1. The summed E-state index contributed by atoms with van der Waals surface area (Å²) in [6.07, 6.45) is 1.80. The molecule has 0 aliphatic carbocycles. The number of carbonyl (C=O) groups is 2. The van der Waals surface area contributed by atoms with Gasteiger partial charge >= 0.3 is 5.97 Å². The zero-order valence-corrected chi connectivity index (χ0v) is 10.1. The van der Waals surface area contributed by atoms with Gasteiger partial charge in [0.1, 0.15) is 0 Å². The van der Waals surface area contributed by atoms with Crippen LogP contribution in [-0.4, -0.2) is 37.6 Å². The fourth-order valence-electron chi connectivity index (χ4n) is 1.78. The van der Waals surface area contributed by atoms with Crippen LogP contribution in [0.2, 0.25) is 0 Å². The van der Waals surface area contributed by atoms with Gasteiger partial charge < -0.3 is 15.4 Å². The van der Waals surface area contributed by atoms with Crippen LogP contribution in [0.1, 0.15) is 26.7 Å². The molecule has 0 aromatic carbocycles. The summed E-state index contributed by atoms with van der Waals surface area (Å²) in [4.78, 5) is 22.8. The molecule has 3 atom stereocenters. The molecule has 3 unspecified atom stereocenters. The number of carbonyl (C=O) groups excluding carboxylic acids is 2. The summed E-state index contributed by atoms with van der Waals surface area (Å²) in [5, 5.41) is 5.97. The highest BCUT2D eigenvalue weighted by Crippen LogP contribution is 2.09. The van der Waals surface area contributed by atoms with E-state index in [4.69, 9.17) is 0 Å². The molecule has 0 aromatic rings. The molecule has 0 saturated carbocycles. The van der Waals surface area contributed by atoms with Crippen LogP contribution in [0.3, 0.4) is 0 Å². The van der Waals surface area contributed by atoms with Gasteiger partial charge in [-0.2, -0.15) is 0 Å². The highest BCUT2D eigenvalue weighted by molar-refractivity contribution is 5.82. The second kappa shape index (κ2) is 5.84. The molecular formula is C11H20N2O3. The number of rotatable bonds is 4. The third-order valence-corrected chi connectivity index (χ3v) is 3.07. The Labute approximate surface area is 95.9 Å². The van der Waals surface area contributed by atoms with Gasteiger partial charge in [-0.25, -0.2) is 0 Å². The Hall–Kier alpha value is -1.10. The van der Waals surface area contributed by atoms with Crippen LogP contribution in [0.15, 0.2) is 0 Å². The van der Waals surface area contributed by atoms with Crippen molar-refractivity contribution in [3.8, 4) is 0 Å². The predicted octanol–water partition coefficient (Wildman–Crippen LogP) is 0.0522. The van der Waals surface area contributed by atoms with Crippen molar-refractivity contribution >= 4 is 11.9 Å². The van der Waals surface area contributed by atoms with Crippen LogP contribution >= 0.6 is 0 Å². The molecule has 0 bridgehead atoms. The van der Waals surface area contributed by atoms with E-state index in [0.717, 1.165) is 19.4 Å². The number of amides is 1. The topological polar surface area (TPSA) is 67.4 Å². The first-order valence-electron chi connectivity index (χ1n) is 5.68. The standard InChI is InChI=1S/C11H20N2O3/c1-7(11(15)16-3)8(2)13-9-5-4-6-12-10(9)14/h7-9,13H,4-6H2,1-3H3,(H,12,14). The minimum atomic E-state index is -0.254. The Bertz CT molecular complexity index is 268. The lowest BCUT2D eigenvalue weighted by molar-refractivity contribution is -0.146. The molecule has 1 amide bonds. The lowest BCUT2D eigenvalue weighted by Crippen LogP contribution is -2.53. The molecule has 5 heteroatoms. The molecule has 1 aliphatic heterocycles. The first-order valence-corrected chi connectivity index (χ1v) is 5.68. The van der Waals surface area contributed by atoms with E-state index in [2.05, 4.69) is 15.4 Å². The van der Waals surface area contributed by atoms with Crippen LogP contribution in [0, 0.1) is 5.92 Å². The van der Waals surface area contributed by atoms with Crippen molar-refractivity contribution in [2.45, 2.75) is 38.8 Å². The SMILES string of the molecule is COC(=O)C(C)C(C)NC1CCCNC1=O. The van der Waals surface area contributed by atoms with Crippen molar-refractivity contribution in [1.82, 2.24) is 10.6 Å². The number of piperidine rings is 1. The number of nitrogens with one attached hydrogen (secondary N) is 2. The molecule has 0 radical (unpaired) electrons. The van der Waals surface area contributed by atoms with Gasteiger partial charge in [0.15, 0.2) is 0 Å². The van der Waals surface area contributed by atoms with Crippen molar-refractivity contribution in [2.24, 2.45) is 5.92 Å². The van der Waals surface area contributed by atoms with E-state index in [-0.39, 0.29) is 29.9 Å². The summed E-state index contributed by atoms with van der Waals surface area (Å²) in [6.45, 7) is 4.44. The smallest absolute Gasteiger partial charge is 0.309 e. The maximum absolute atomic E-state index is 11.5. The lowest BCUT2D eigenvalue weighted by atomic mass is 10.00. The molecule has 0 aromatic heterocycles. The van der Waals surface area contributed by atoms with Gasteiger partial charge in [-0.3, -0.25) is 9.59 Å². The van der Waals surface area contributed by atoms with Gasteiger partial charge in [0, 0.05) is 12.6 Å². The number of esters is 1. The van der Waals surface area contributed by atoms with Crippen molar-refractivity contribution in [3.05, 3.63) is 0 Å². The quantitative estimate of drug-likeness (QED) is 0.667. The molecule has 16 heavy (non-hydrogen) atoms. The van der Waals surface area contributed by atoms with E-state index in [1.54, 1.807) is 6.92 Å². The average Bonchev–Trinajstić information content (AvgIpc) is 2.30. The van der Waals surface area contributed by atoms with E-state index in [1.807, 2.05) is 6.92 Å². The summed E-state index contributed by atoms with van der Waals surface area (Å²) < 4.78 is 4.67. The van der Waals surface area contributed by atoms with Crippen LogP contribution in [-0.2, 0) is 14.3 Å². The molecule has 1 fully saturated rings. The monoisotopic (exact) mass is 228 g/mol. The summed E-state index contributed by atoms with van der Waals surface area (Å²) in [5.74, 6) is -0.480. The maximum atomic E-state index is 11.5. The van der Waals surface area contributed by atoms with Crippen LogP contribution < -0.4 is 10.6 Å². The molecule has 1 heterocycles. The lowest BCUT2D eigenvalue weighted by Gasteiger charge is -2.28. The van der Waals surface area contributed by atoms with Crippen molar-refractivity contribution in [3.63, 3.8) is 0 Å². The molecule has 2 N–H and O–H groups in total. The average molecular weight is 228 g/mol. The van der Waals surface area contributed by atoms with Crippen LogP contribution in [0.5, 0.6) is 0 Å². The number of ether oxygens (including phenoxy) is 1. The van der Waals surface area contributed by atoms with Gasteiger partial charge in [0.2, 0.25) is 5.91 Å². The molecule has 92 valence electrons. The van der Waals surface area contributed by atoms with Gasteiger partial charge in [-0.1, -0.05) is 6.92 Å². The first kappa shape index (κ1) is 13.0. The van der Waals surface area contributed by atoms with E-state index in [9.17, 15) is 9.59 Å². The minimum absolute atomic E-state index is 0.0233. The third-order valence-electron chi connectivity index (χ3n) is 3.07. The molecule has 1 saturated heterocycles. The van der Waals surface area contributed by atoms with E-state index >= 15 is 0 Å². The highest BCUT2D eigenvalue weighted by atomic mass is 16.5. The third kappa shape index (κ3) is 3.20. The van der Waals surface area contributed by atoms with E-state index in [1.165, 1.54) is 7.11 Å². The second-order valence-electron chi connectivity index (χ2n) is 4.25. The summed E-state index contributed by atoms with van der Waals surface area (Å²) in [5.41, 5.74) is 0. The van der Waals surface area contributed by atoms with E-state index < -0.39 is 0 Å². The largest absolute Gasteiger partial charge is 0.469 e. The normalized spacial score (nSPS) is 24.4. The van der Waals surface area contributed by atoms with Crippen molar-refractivity contribution in [2.75, 3.05) is 13.7 Å². The Balaban J connectivity index is 2.46. The van der Waals surface area contributed by atoms with Gasteiger partial charge in [0.25, 0.3) is 0 Å². The Morgan fingerprint density at radius 3 is 2.81 bits per heavy atom. The Morgan fingerprint density at radius 2 is 2.25 bits per heavy atom. The van der Waals surface area contributed by atoms with Crippen LogP contribution in [0.25, 0.3) is 0 Å². The summed E-state index contributed by atoms with van der Waals surface area (Å²) >= 11 is 0. The predicted molar refractivity (Wildman–Crippen MR) is 59.8 cm³/mol. The Kier molecular flexibility index (Phi) is 4.73. The summed E-state index contributed by atoms with van der Waals surface area (Å²) in [7, 11) is 1.37. The fourth-order valence-corrected chi connectivity index (χ4v) is 1.78. The van der Waals surface area contributed by atoms with Crippen molar-refractivity contribution in [1.29, 1.82) is 0 Å². The Morgan fingerprint density at radius 1 is 1.56 bits per heavy atom. The number of hydrogen-bond donors (Lipinski definition) is 2. The van der Waals surface area contributed by atoms with Crippen LogP contribution in [0.4, 0.5) is 0 Å². The number of hydrogen-bond acceptors (Lipinski definition) is 4. The zero-order chi connectivity index (χ0) is 12.1. The van der Waals surface area contributed by atoms with Crippen molar-refractivity contribution < 1.29 is 14.3 Å². The summed E-state index contributed by atoms with van der Waals surface area (Å²) in [6, 6.07) is -0.253. The molecule has 1 aliphatic rings. The van der Waals surface area contributed by atoms with Gasteiger partial charge in [0.05, 0.1) is 19.1 Å². The molecule has 5 nitrogen and oxygen atoms in total. The molecular weight excluding hydrogens is 208 g/mol. The van der Waals surface area contributed by atoms with Gasteiger partial charge in [-0.05, 0) is 19.8 Å². The molecule has 0 spiro atoms. The first-order chi connectivity index (χ1) is 7.56. The second-order valence-corrected chi connectivity index (χ2v) is 4.25. The van der Waals surface area contributed by atoms with Gasteiger partial charge in [-0.15, -0.1) is 0 Å². The highest BCUT2D eigenvalue weighted by Gasteiger charge is 2.27.